The van der Waals surface area contributed by atoms with E-state index in [1.165, 1.54) is 6.20 Å². The molecule has 2 heterocycles. The van der Waals surface area contributed by atoms with E-state index in [1.807, 2.05) is 26.0 Å². The van der Waals surface area contributed by atoms with Gasteiger partial charge in [0.1, 0.15) is 5.58 Å². The standard InChI is InChI=1S/C20H19F3N2O3/c1-12-5-6-16-15(10-27-18(16)13(12)2)8-17(26)25-9-14-4-3-7-24-19(14)28-11-20(21,22)23/h3-7,10H,8-9,11H2,1-2H3,(H,25,26). The van der Waals surface area contributed by atoms with Gasteiger partial charge in [-0.05, 0) is 31.0 Å². The van der Waals surface area contributed by atoms with E-state index >= 15 is 0 Å². The molecule has 148 valence electrons. The van der Waals surface area contributed by atoms with Crippen LogP contribution in [0.15, 0.2) is 41.1 Å². The number of nitrogens with zero attached hydrogens (tertiary/aromatic N) is 1. The van der Waals surface area contributed by atoms with E-state index in [9.17, 15) is 18.0 Å². The second-order valence-electron chi connectivity index (χ2n) is 6.47. The van der Waals surface area contributed by atoms with Gasteiger partial charge in [0, 0.05) is 29.3 Å². The molecule has 0 aliphatic carbocycles. The number of ether oxygens (including phenoxy) is 1. The van der Waals surface area contributed by atoms with E-state index in [0.717, 1.165) is 27.7 Å². The van der Waals surface area contributed by atoms with Crippen LogP contribution in [0.3, 0.4) is 0 Å². The number of carbonyl (C=O) groups excluding carboxylic acids is 1. The Morgan fingerprint density at radius 2 is 2.00 bits per heavy atom. The molecule has 0 unspecified atom stereocenters. The summed E-state index contributed by atoms with van der Waals surface area (Å²) in [6.45, 7) is 2.50. The zero-order valence-electron chi connectivity index (χ0n) is 15.4. The van der Waals surface area contributed by atoms with Crippen molar-refractivity contribution in [3.8, 4) is 5.88 Å². The lowest BCUT2D eigenvalue weighted by atomic mass is 10.0. The minimum Gasteiger partial charge on any atom is -0.468 e. The number of fused-ring (bicyclic) bond motifs is 1. The maximum absolute atomic E-state index is 12.3. The average molecular weight is 392 g/mol. The molecule has 28 heavy (non-hydrogen) atoms. The van der Waals surface area contributed by atoms with Crippen LogP contribution in [0, 0.1) is 13.8 Å². The molecule has 2 aromatic heterocycles. The first-order chi connectivity index (χ1) is 13.2. The predicted octanol–water partition coefficient (Wildman–Crippen LogP) is 4.24. The smallest absolute Gasteiger partial charge is 0.422 e. The molecule has 1 aromatic carbocycles. The van der Waals surface area contributed by atoms with Crippen molar-refractivity contribution in [1.29, 1.82) is 0 Å². The third kappa shape index (κ3) is 4.62. The number of hydrogen-bond donors (Lipinski definition) is 1. The summed E-state index contributed by atoms with van der Waals surface area (Å²) in [5.74, 6) is -0.438. The van der Waals surface area contributed by atoms with Crippen LogP contribution in [0.5, 0.6) is 5.88 Å². The van der Waals surface area contributed by atoms with Gasteiger partial charge < -0.3 is 14.5 Å². The third-order valence-electron chi connectivity index (χ3n) is 4.39. The number of aryl methyl sites for hydroxylation is 2. The summed E-state index contributed by atoms with van der Waals surface area (Å²) >= 11 is 0. The van der Waals surface area contributed by atoms with Crippen LogP contribution in [0.1, 0.15) is 22.3 Å². The van der Waals surface area contributed by atoms with Crippen molar-refractivity contribution < 1.29 is 27.1 Å². The summed E-state index contributed by atoms with van der Waals surface area (Å²) in [5, 5.41) is 3.55. The molecule has 3 rings (SSSR count). The largest absolute Gasteiger partial charge is 0.468 e. The molecular formula is C20H19F3N2O3. The van der Waals surface area contributed by atoms with Gasteiger partial charge in [0.15, 0.2) is 6.61 Å². The van der Waals surface area contributed by atoms with E-state index in [1.54, 1.807) is 18.4 Å². The molecule has 0 bridgehead atoms. The van der Waals surface area contributed by atoms with Gasteiger partial charge in [-0.2, -0.15) is 13.2 Å². The first-order valence-corrected chi connectivity index (χ1v) is 8.61. The fourth-order valence-corrected chi connectivity index (χ4v) is 2.79. The highest BCUT2D eigenvalue weighted by Gasteiger charge is 2.29. The number of nitrogens with one attached hydrogen (secondary N) is 1. The third-order valence-corrected chi connectivity index (χ3v) is 4.39. The minimum atomic E-state index is -4.46. The van der Waals surface area contributed by atoms with Crippen LogP contribution in [0.25, 0.3) is 11.0 Å². The van der Waals surface area contributed by atoms with Gasteiger partial charge >= 0.3 is 6.18 Å². The number of aromatic nitrogens is 1. The average Bonchev–Trinajstić information content (AvgIpc) is 3.04. The van der Waals surface area contributed by atoms with Crippen LogP contribution < -0.4 is 10.1 Å². The lowest BCUT2D eigenvalue weighted by Gasteiger charge is -2.12. The molecule has 0 atom stereocenters. The number of amides is 1. The molecular weight excluding hydrogens is 373 g/mol. The summed E-state index contributed by atoms with van der Waals surface area (Å²) in [7, 11) is 0. The lowest BCUT2D eigenvalue weighted by Crippen LogP contribution is -2.25. The van der Waals surface area contributed by atoms with Crippen molar-refractivity contribution >= 4 is 16.9 Å². The second-order valence-corrected chi connectivity index (χ2v) is 6.47. The SMILES string of the molecule is Cc1ccc2c(CC(=O)NCc3cccnc3OCC(F)(F)F)coc2c1C. The van der Waals surface area contributed by atoms with Crippen molar-refractivity contribution in [2.75, 3.05) is 6.61 Å². The van der Waals surface area contributed by atoms with Crippen molar-refractivity contribution in [3.05, 3.63) is 59.0 Å². The van der Waals surface area contributed by atoms with E-state index in [2.05, 4.69) is 10.3 Å². The number of rotatable bonds is 6. The number of benzene rings is 1. The monoisotopic (exact) mass is 392 g/mol. The Kier molecular flexibility index (Phi) is 5.58. The molecule has 0 aliphatic heterocycles. The molecule has 0 radical (unpaired) electrons. The van der Waals surface area contributed by atoms with Gasteiger partial charge in [-0.25, -0.2) is 4.98 Å². The van der Waals surface area contributed by atoms with Gasteiger partial charge in [0.25, 0.3) is 0 Å². The molecule has 5 nitrogen and oxygen atoms in total. The first kappa shape index (κ1) is 19.7. The topological polar surface area (TPSA) is 64.4 Å². The highest BCUT2D eigenvalue weighted by molar-refractivity contribution is 5.89. The zero-order valence-corrected chi connectivity index (χ0v) is 15.4. The Morgan fingerprint density at radius 1 is 1.21 bits per heavy atom. The Balaban J connectivity index is 1.65. The minimum absolute atomic E-state index is 0.00772. The maximum atomic E-state index is 12.3. The number of pyridine rings is 1. The quantitative estimate of drug-likeness (QED) is 0.681. The number of carbonyl (C=O) groups is 1. The summed E-state index contributed by atoms with van der Waals surface area (Å²) in [6.07, 6.45) is -1.48. The highest BCUT2D eigenvalue weighted by Crippen LogP contribution is 2.27. The summed E-state index contributed by atoms with van der Waals surface area (Å²) in [5.41, 5.74) is 3.98. The Bertz CT molecular complexity index is 996. The van der Waals surface area contributed by atoms with Crippen LogP contribution in [-0.4, -0.2) is 23.7 Å². The van der Waals surface area contributed by atoms with Gasteiger partial charge in [-0.3, -0.25) is 4.79 Å². The number of alkyl halides is 3. The second kappa shape index (κ2) is 7.92. The van der Waals surface area contributed by atoms with E-state index in [4.69, 9.17) is 9.15 Å². The molecule has 0 spiro atoms. The number of halogens is 3. The predicted molar refractivity (Wildman–Crippen MR) is 97.0 cm³/mol. The van der Waals surface area contributed by atoms with Crippen molar-refractivity contribution in [1.82, 2.24) is 10.3 Å². The summed E-state index contributed by atoms with van der Waals surface area (Å²) in [6, 6.07) is 7.00. The van der Waals surface area contributed by atoms with Crippen LogP contribution in [0.4, 0.5) is 13.2 Å². The van der Waals surface area contributed by atoms with Gasteiger partial charge in [0.2, 0.25) is 11.8 Å². The van der Waals surface area contributed by atoms with Gasteiger partial charge in [-0.15, -0.1) is 0 Å². The molecule has 8 heteroatoms. The van der Waals surface area contributed by atoms with Crippen molar-refractivity contribution in [2.45, 2.75) is 33.0 Å². The normalized spacial score (nSPS) is 11.6. The molecule has 0 fully saturated rings. The first-order valence-electron chi connectivity index (χ1n) is 8.61. The van der Waals surface area contributed by atoms with Gasteiger partial charge in [0.05, 0.1) is 12.7 Å². The number of hydrogen-bond acceptors (Lipinski definition) is 4. The Morgan fingerprint density at radius 3 is 2.75 bits per heavy atom. The highest BCUT2D eigenvalue weighted by atomic mass is 19.4. The Hall–Kier alpha value is -3.03. The molecule has 3 aromatic rings. The molecule has 1 amide bonds. The summed E-state index contributed by atoms with van der Waals surface area (Å²) in [4.78, 5) is 16.1. The lowest BCUT2D eigenvalue weighted by molar-refractivity contribution is -0.154. The van der Waals surface area contributed by atoms with E-state index in [-0.39, 0.29) is 24.8 Å². The van der Waals surface area contributed by atoms with Crippen molar-refractivity contribution in [3.63, 3.8) is 0 Å². The molecule has 0 saturated heterocycles. The Labute approximate surface area is 159 Å². The van der Waals surface area contributed by atoms with E-state index in [0.29, 0.717) is 5.56 Å². The zero-order chi connectivity index (χ0) is 20.3. The van der Waals surface area contributed by atoms with Crippen LogP contribution in [-0.2, 0) is 17.8 Å². The fourth-order valence-electron chi connectivity index (χ4n) is 2.79. The fraction of sp³-hybridized carbons (Fsp3) is 0.300. The number of furan rings is 1. The molecule has 0 aliphatic rings. The van der Waals surface area contributed by atoms with E-state index < -0.39 is 12.8 Å². The van der Waals surface area contributed by atoms with Gasteiger partial charge in [-0.1, -0.05) is 18.2 Å². The molecule has 0 saturated carbocycles. The van der Waals surface area contributed by atoms with Crippen LogP contribution in [0.2, 0.25) is 0 Å². The van der Waals surface area contributed by atoms with Crippen molar-refractivity contribution in [2.24, 2.45) is 0 Å². The van der Waals surface area contributed by atoms with Crippen LogP contribution >= 0.6 is 0 Å². The molecule has 1 N–H and O–H groups in total. The maximum Gasteiger partial charge on any atom is 0.422 e. The summed E-state index contributed by atoms with van der Waals surface area (Å²) < 4.78 is 47.4.